The van der Waals surface area contributed by atoms with Crippen LogP contribution in [0.1, 0.15) is 34.7 Å². The van der Waals surface area contributed by atoms with Gasteiger partial charge >= 0.3 is 0 Å². The van der Waals surface area contributed by atoms with E-state index in [2.05, 4.69) is 5.10 Å². The van der Waals surface area contributed by atoms with Crippen LogP contribution in [-0.4, -0.2) is 38.8 Å². The van der Waals surface area contributed by atoms with E-state index in [0.717, 1.165) is 31.6 Å². The van der Waals surface area contributed by atoms with Gasteiger partial charge in [0.1, 0.15) is 5.75 Å². The summed E-state index contributed by atoms with van der Waals surface area (Å²) < 4.78 is 1.78. The van der Waals surface area contributed by atoms with Crippen molar-refractivity contribution >= 4 is 5.91 Å². The van der Waals surface area contributed by atoms with E-state index in [4.69, 9.17) is 0 Å². The molecular formula is C21H21N3O2. The number of phenolic OH excluding ortho intramolecular Hbond substituents is 1. The third-order valence-corrected chi connectivity index (χ3v) is 5.03. The summed E-state index contributed by atoms with van der Waals surface area (Å²) in [5, 5.41) is 13.6. The lowest BCUT2D eigenvalue weighted by Crippen LogP contribution is -2.37. The molecule has 1 fully saturated rings. The molecule has 0 bridgehead atoms. The van der Waals surface area contributed by atoms with Crippen LogP contribution in [0.2, 0.25) is 0 Å². The summed E-state index contributed by atoms with van der Waals surface area (Å²) in [4.78, 5) is 14.7. The van der Waals surface area contributed by atoms with E-state index in [9.17, 15) is 9.90 Å². The minimum Gasteiger partial charge on any atom is -0.508 e. The van der Waals surface area contributed by atoms with Gasteiger partial charge in [0, 0.05) is 31.0 Å². The maximum atomic E-state index is 12.8. The lowest BCUT2D eigenvalue weighted by molar-refractivity contribution is 0.0713. The molecule has 3 aromatic rings. The van der Waals surface area contributed by atoms with E-state index < -0.39 is 0 Å². The topological polar surface area (TPSA) is 58.4 Å². The molecule has 2 heterocycles. The molecule has 1 saturated heterocycles. The first-order chi connectivity index (χ1) is 12.7. The molecule has 1 aliphatic rings. The standard InChI is InChI=1S/C21H21N3O2/c25-20-8-4-16(5-9-20)17-10-14-23(15-11-17)21(26)18-2-6-19(7-3-18)24-13-1-12-22-24/h1-9,12-13,17,25H,10-11,14-15H2. The number of likely N-dealkylation sites (tertiary alicyclic amines) is 1. The molecule has 1 aromatic heterocycles. The Labute approximate surface area is 152 Å². The van der Waals surface area contributed by atoms with Crippen molar-refractivity contribution in [2.24, 2.45) is 0 Å². The molecule has 1 N–H and O–H groups in total. The molecule has 5 heteroatoms. The van der Waals surface area contributed by atoms with E-state index in [1.54, 1.807) is 23.0 Å². The van der Waals surface area contributed by atoms with Crippen molar-refractivity contribution in [1.82, 2.24) is 14.7 Å². The highest BCUT2D eigenvalue weighted by Crippen LogP contribution is 2.29. The Kier molecular flexibility index (Phi) is 4.44. The number of benzene rings is 2. The van der Waals surface area contributed by atoms with E-state index in [-0.39, 0.29) is 5.91 Å². The van der Waals surface area contributed by atoms with Crippen LogP contribution in [-0.2, 0) is 0 Å². The number of phenols is 1. The molecule has 1 amide bonds. The quantitative estimate of drug-likeness (QED) is 0.787. The Hall–Kier alpha value is -3.08. The van der Waals surface area contributed by atoms with Gasteiger partial charge in [-0.3, -0.25) is 4.79 Å². The predicted octanol–water partition coefficient (Wildman–Crippen LogP) is 3.60. The van der Waals surface area contributed by atoms with E-state index in [1.165, 1.54) is 5.56 Å². The minimum atomic E-state index is 0.0844. The first-order valence-corrected chi connectivity index (χ1v) is 8.89. The molecule has 1 aliphatic heterocycles. The Morgan fingerprint density at radius 2 is 1.69 bits per heavy atom. The van der Waals surface area contributed by atoms with Crippen LogP contribution >= 0.6 is 0 Å². The average molecular weight is 347 g/mol. The first kappa shape index (κ1) is 16.4. The van der Waals surface area contributed by atoms with Gasteiger partial charge in [0.2, 0.25) is 0 Å². The Morgan fingerprint density at radius 3 is 2.31 bits per heavy atom. The number of hydrogen-bond donors (Lipinski definition) is 1. The van der Waals surface area contributed by atoms with Crippen molar-refractivity contribution < 1.29 is 9.90 Å². The van der Waals surface area contributed by atoms with Crippen molar-refractivity contribution in [3.63, 3.8) is 0 Å². The summed E-state index contributed by atoms with van der Waals surface area (Å²) in [7, 11) is 0. The molecule has 0 aliphatic carbocycles. The molecular weight excluding hydrogens is 326 g/mol. The maximum Gasteiger partial charge on any atom is 0.253 e. The smallest absolute Gasteiger partial charge is 0.253 e. The molecule has 5 nitrogen and oxygen atoms in total. The summed E-state index contributed by atoms with van der Waals surface area (Å²) in [5.41, 5.74) is 2.89. The molecule has 0 atom stereocenters. The van der Waals surface area contributed by atoms with Crippen LogP contribution in [0.25, 0.3) is 5.69 Å². The Morgan fingerprint density at radius 1 is 1.00 bits per heavy atom. The second-order valence-corrected chi connectivity index (χ2v) is 6.66. The number of piperidine rings is 1. The number of carbonyl (C=O) groups is 1. The molecule has 132 valence electrons. The van der Waals surface area contributed by atoms with Crippen molar-refractivity contribution in [1.29, 1.82) is 0 Å². The number of aromatic hydroxyl groups is 1. The van der Waals surface area contributed by atoms with Gasteiger partial charge in [-0.1, -0.05) is 12.1 Å². The molecule has 0 unspecified atom stereocenters. The van der Waals surface area contributed by atoms with Gasteiger partial charge in [-0.2, -0.15) is 5.10 Å². The summed E-state index contributed by atoms with van der Waals surface area (Å²) in [5.74, 6) is 0.822. The van der Waals surface area contributed by atoms with E-state index >= 15 is 0 Å². The predicted molar refractivity (Wildman–Crippen MR) is 99.5 cm³/mol. The van der Waals surface area contributed by atoms with Gasteiger partial charge in [0.05, 0.1) is 5.69 Å². The van der Waals surface area contributed by atoms with Gasteiger partial charge in [0.25, 0.3) is 5.91 Å². The fraction of sp³-hybridized carbons (Fsp3) is 0.238. The molecule has 4 rings (SSSR count). The van der Waals surface area contributed by atoms with Gasteiger partial charge in [-0.25, -0.2) is 4.68 Å². The van der Waals surface area contributed by atoms with Crippen molar-refractivity contribution in [3.8, 4) is 11.4 Å². The highest BCUT2D eigenvalue weighted by atomic mass is 16.3. The Balaban J connectivity index is 1.39. The SMILES string of the molecule is O=C(c1ccc(-n2cccn2)cc1)N1CCC(c2ccc(O)cc2)CC1. The van der Waals surface area contributed by atoms with Gasteiger partial charge in [-0.15, -0.1) is 0 Å². The van der Waals surface area contributed by atoms with Gasteiger partial charge in [-0.05, 0) is 66.8 Å². The van der Waals surface area contributed by atoms with Gasteiger partial charge in [0.15, 0.2) is 0 Å². The zero-order valence-electron chi connectivity index (χ0n) is 14.5. The van der Waals surface area contributed by atoms with Crippen molar-refractivity contribution in [2.45, 2.75) is 18.8 Å². The summed E-state index contributed by atoms with van der Waals surface area (Å²) in [6.07, 6.45) is 5.51. The van der Waals surface area contributed by atoms with Crippen LogP contribution in [0.5, 0.6) is 5.75 Å². The first-order valence-electron chi connectivity index (χ1n) is 8.89. The fourth-order valence-corrected chi connectivity index (χ4v) is 3.52. The number of amides is 1. The van der Waals surface area contributed by atoms with Crippen LogP contribution in [0, 0.1) is 0 Å². The number of rotatable bonds is 3. The van der Waals surface area contributed by atoms with E-state index in [1.807, 2.05) is 53.6 Å². The third kappa shape index (κ3) is 3.33. The number of nitrogens with zero attached hydrogens (tertiary/aromatic N) is 3. The molecule has 2 aromatic carbocycles. The van der Waals surface area contributed by atoms with Crippen LogP contribution in [0.4, 0.5) is 0 Å². The molecule has 0 spiro atoms. The third-order valence-electron chi connectivity index (χ3n) is 5.03. The summed E-state index contributed by atoms with van der Waals surface area (Å²) in [6, 6.07) is 16.9. The summed E-state index contributed by atoms with van der Waals surface area (Å²) >= 11 is 0. The molecule has 0 radical (unpaired) electrons. The highest BCUT2D eigenvalue weighted by molar-refractivity contribution is 5.94. The zero-order chi connectivity index (χ0) is 17.9. The fourth-order valence-electron chi connectivity index (χ4n) is 3.52. The van der Waals surface area contributed by atoms with Crippen LogP contribution in [0.3, 0.4) is 0 Å². The number of carbonyl (C=O) groups excluding carboxylic acids is 1. The van der Waals surface area contributed by atoms with Crippen molar-refractivity contribution in [3.05, 3.63) is 78.1 Å². The minimum absolute atomic E-state index is 0.0844. The zero-order valence-corrected chi connectivity index (χ0v) is 14.5. The second-order valence-electron chi connectivity index (χ2n) is 6.66. The average Bonchev–Trinajstić information content (AvgIpc) is 3.23. The monoisotopic (exact) mass is 347 g/mol. The summed E-state index contributed by atoms with van der Waals surface area (Å²) in [6.45, 7) is 1.51. The Bertz CT molecular complexity index is 863. The van der Waals surface area contributed by atoms with Gasteiger partial charge < -0.3 is 10.0 Å². The highest BCUT2D eigenvalue weighted by Gasteiger charge is 2.24. The van der Waals surface area contributed by atoms with Crippen LogP contribution in [0.15, 0.2) is 67.0 Å². The number of aromatic nitrogens is 2. The normalized spacial score (nSPS) is 15.2. The largest absolute Gasteiger partial charge is 0.508 e. The van der Waals surface area contributed by atoms with Crippen LogP contribution < -0.4 is 0 Å². The lowest BCUT2D eigenvalue weighted by Gasteiger charge is -2.32. The van der Waals surface area contributed by atoms with E-state index in [0.29, 0.717) is 17.2 Å². The second kappa shape index (κ2) is 7.04. The lowest BCUT2D eigenvalue weighted by atomic mass is 9.89. The number of hydrogen-bond acceptors (Lipinski definition) is 3. The molecule has 26 heavy (non-hydrogen) atoms. The van der Waals surface area contributed by atoms with Crippen molar-refractivity contribution in [2.75, 3.05) is 13.1 Å². The molecule has 0 saturated carbocycles. The maximum absolute atomic E-state index is 12.8.